The first-order chi connectivity index (χ1) is 7.76. The molecule has 3 nitrogen and oxygen atoms in total. The van der Waals surface area contributed by atoms with Crippen molar-refractivity contribution in [3.63, 3.8) is 0 Å². The lowest BCUT2D eigenvalue weighted by Gasteiger charge is -2.12. The molecule has 0 bridgehead atoms. The maximum atomic E-state index is 12.6. The fourth-order valence-electron chi connectivity index (χ4n) is 0.993. The zero-order valence-electron chi connectivity index (χ0n) is 7.76. The van der Waals surface area contributed by atoms with Gasteiger partial charge in [0.15, 0.2) is 6.29 Å². The molecule has 0 atom stereocenters. The van der Waals surface area contributed by atoms with Crippen molar-refractivity contribution >= 4 is 28.9 Å². The van der Waals surface area contributed by atoms with Gasteiger partial charge in [-0.1, -0.05) is 0 Å². The van der Waals surface area contributed by atoms with E-state index in [0.717, 1.165) is 0 Å². The summed E-state index contributed by atoms with van der Waals surface area (Å²) in [4.78, 5) is 13.6. The van der Waals surface area contributed by atoms with Crippen molar-refractivity contribution in [3.05, 3.63) is 20.9 Å². The van der Waals surface area contributed by atoms with Crippen LogP contribution >= 0.6 is 22.6 Å². The van der Waals surface area contributed by atoms with Crippen LogP contribution in [0, 0.1) is 3.57 Å². The van der Waals surface area contributed by atoms with Gasteiger partial charge in [-0.05, 0) is 22.6 Å². The molecular weight excluding hydrogens is 364 g/mol. The van der Waals surface area contributed by atoms with E-state index in [9.17, 15) is 26.7 Å². The van der Waals surface area contributed by atoms with Gasteiger partial charge in [0.1, 0.15) is 0 Å². The van der Waals surface area contributed by atoms with E-state index in [1.807, 2.05) is 0 Å². The van der Waals surface area contributed by atoms with Crippen LogP contribution in [0.3, 0.4) is 0 Å². The molecule has 0 aromatic carbocycles. The highest BCUT2D eigenvalue weighted by molar-refractivity contribution is 14.1. The third-order valence-corrected chi connectivity index (χ3v) is 2.66. The van der Waals surface area contributed by atoms with Crippen molar-refractivity contribution in [1.82, 2.24) is 4.98 Å². The average Bonchev–Trinajstić information content (AvgIpc) is 2.18. The Morgan fingerprint density at radius 2 is 2.00 bits per heavy atom. The van der Waals surface area contributed by atoms with E-state index in [0.29, 0.717) is 6.20 Å². The van der Waals surface area contributed by atoms with Crippen LogP contribution in [0.5, 0.6) is 5.88 Å². The summed E-state index contributed by atoms with van der Waals surface area (Å²) in [5.74, 6) is -1.00. The Bertz CT molecular complexity index is 435. The smallest absolute Gasteiger partial charge is 0.387 e. The molecule has 0 unspecified atom stereocenters. The second kappa shape index (κ2) is 5.10. The lowest BCUT2D eigenvalue weighted by atomic mass is 10.1. The molecule has 0 N–H and O–H groups in total. The summed E-state index contributed by atoms with van der Waals surface area (Å²) >= 11 is 1.22. The molecule has 17 heavy (non-hydrogen) atoms. The maximum absolute atomic E-state index is 12.6. The molecule has 9 heteroatoms. The Morgan fingerprint density at radius 1 is 1.41 bits per heavy atom. The molecular formula is C8H3F5INO2. The van der Waals surface area contributed by atoms with Gasteiger partial charge in [0.05, 0.1) is 3.57 Å². The molecule has 1 aromatic rings. The van der Waals surface area contributed by atoms with Crippen LogP contribution in [-0.2, 0) is 0 Å². The SMILES string of the molecule is O=Cc1cnc(OC(F)(F)F)c(I)c1C(F)F. The minimum absolute atomic E-state index is 0.0913. The van der Waals surface area contributed by atoms with Crippen LogP contribution in [0.2, 0.25) is 0 Å². The van der Waals surface area contributed by atoms with Crippen LogP contribution in [-0.4, -0.2) is 17.6 Å². The number of carbonyl (C=O) groups excluding carboxylic acids is 1. The van der Waals surface area contributed by atoms with Crippen LogP contribution in [0.15, 0.2) is 6.20 Å². The largest absolute Gasteiger partial charge is 0.574 e. The molecule has 1 rings (SSSR count). The van der Waals surface area contributed by atoms with Crippen molar-refractivity contribution in [2.24, 2.45) is 0 Å². The molecule has 0 saturated heterocycles. The first-order valence-electron chi connectivity index (χ1n) is 3.93. The number of alkyl halides is 5. The third kappa shape index (κ3) is 3.48. The standard InChI is InChI=1S/C8H3F5INO2/c9-6(10)4-3(2-16)1-15-7(5(4)14)17-8(11,12)13/h1-2,6H. The second-order valence-electron chi connectivity index (χ2n) is 2.71. The number of nitrogens with zero attached hydrogens (tertiary/aromatic N) is 1. The second-order valence-corrected chi connectivity index (χ2v) is 3.79. The highest BCUT2D eigenvalue weighted by Crippen LogP contribution is 2.34. The van der Waals surface area contributed by atoms with Gasteiger partial charge in [0, 0.05) is 17.3 Å². The Hall–Kier alpha value is -1.00. The van der Waals surface area contributed by atoms with Gasteiger partial charge in [-0.25, -0.2) is 13.8 Å². The predicted molar refractivity (Wildman–Crippen MR) is 54.0 cm³/mol. The van der Waals surface area contributed by atoms with Crippen LogP contribution in [0.1, 0.15) is 22.3 Å². The number of aldehydes is 1. The van der Waals surface area contributed by atoms with Gasteiger partial charge >= 0.3 is 6.36 Å². The lowest BCUT2D eigenvalue weighted by molar-refractivity contribution is -0.276. The van der Waals surface area contributed by atoms with E-state index < -0.39 is 33.4 Å². The van der Waals surface area contributed by atoms with Gasteiger partial charge in [0.2, 0.25) is 5.88 Å². The Balaban J connectivity index is 3.28. The molecule has 0 aliphatic carbocycles. The van der Waals surface area contributed by atoms with Crippen molar-refractivity contribution < 1.29 is 31.5 Å². The number of aromatic nitrogens is 1. The number of rotatable bonds is 3. The predicted octanol–water partition coefficient (Wildman–Crippen LogP) is 3.33. The normalized spacial score (nSPS) is 11.7. The minimum Gasteiger partial charge on any atom is -0.387 e. The first-order valence-corrected chi connectivity index (χ1v) is 5.01. The zero-order chi connectivity index (χ0) is 13.2. The number of carbonyl (C=O) groups is 1. The van der Waals surface area contributed by atoms with E-state index in [4.69, 9.17) is 0 Å². The topological polar surface area (TPSA) is 39.2 Å². The quantitative estimate of drug-likeness (QED) is 0.468. The fourth-order valence-corrected chi connectivity index (χ4v) is 1.79. The molecule has 1 heterocycles. The zero-order valence-corrected chi connectivity index (χ0v) is 9.92. The summed E-state index contributed by atoms with van der Waals surface area (Å²) in [5, 5.41) is 0. The number of pyridine rings is 1. The number of ether oxygens (including phenoxy) is 1. The van der Waals surface area contributed by atoms with Crippen molar-refractivity contribution in [2.45, 2.75) is 12.8 Å². The van der Waals surface area contributed by atoms with Crippen molar-refractivity contribution in [2.75, 3.05) is 0 Å². The number of hydrogen-bond donors (Lipinski definition) is 0. The van der Waals surface area contributed by atoms with E-state index in [1.54, 1.807) is 0 Å². The molecule has 94 valence electrons. The van der Waals surface area contributed by atoms with Gasteiger partial charge in [-0.3, -0.25) is 4.79 Å². The molecule has 0 spiro atoms. The molecule has 0 saturated carbocycles. The lowest BCUT2D eigenvalue weighted by Crippen LogP contribution is -2.19. The highest BCUT2D eigenvalue weighted by Gasteiger charge is 2.34. The average molecular weight is 367 g/mol. The highest BCUT2D eigenvalue weighted by atomic mass is 127. The van der Waals surface area contributed by atoms with Crippen molar-refractivity contribution in [3.8, 4) is 5.88 Å². The first kappa shape index (κ1) is 14.1. The molecule has 0 fully saturated rings. The Kier molecular flexibility index (Phi) is 4.22. The Morgan fingerprint density at radius 3 is 2.41 bits per heavy atom. The van der Waals surface area contributed by atoms with Crippen LogP contribution in [0.4, 0.5) is 22.0 Å². The van der Waals surface area contributed by atoms with Crippen LogP contribution in [0.25, 0.3) is 0 Å². The number of halogens is 6. The molecule has 0 radical (unpaired) electrons. The fraction of sp³-hybridized carbons (Fsp3) is 0.250. The van der Waals surface area contributed by atoms with Gasteiger partial charge in [-0.2, -0.15) is 0 Å². The summed E-state index contributed by atoms with van der Waals surface area (Å²) in [6, 6.07) is 0. The molecule has 0 aliphatic heterocycles. The van der Waals surface area contributed by atoms with E-state index in [1.165, 1.54) is 22.6 Å². The number of hydrogen-bond acceptors (Lipinski definition) is 3. The van der Waals surface area contributed by atoms with Crippen molar-refractivity contribution in [1.29, 1.82) is 0 Å². The van der Waals surface area contributed by atoms with Gasteiger partial charge in [-0.15, -0.1) is 13.2 Å². The Labute approximate surface area is 105 Å². The van der Waals surface area contributed by atoms with Gasteiger partial charge < -0.3 is 4.74 Å². The monoisotopic (exact) mass is 367 g/mol. The molecule has 1 aromatic heterocycles. The minimum atomic E-state index is -5.03. The molecule has 0 amide bonds. The van der Waals surface area contributed by atoms with Gasteiger partial charge in [0.25, 0.3) is 6.43 Å². The summed E-state index contributed by atoms with van der Waals surface area (Å²) in [6.07, 6.45) is -7.43. The summed E-state index contributed by atoms with van der Waals surface area (Å²) in [5.41, 5.74) is -1.30. The van der Waals surface area contributed by atoms with E-state index in [-0.39, 0.29) is 6.29 Å². The van der Waals surface area contributed by atoms with E-state index >= 15 is 0 Å². The van der Waals surface area contributed by atoms with E-state index in [2.05, 4.69) is 9.72 Å². The molecule has 0 aliphatic rings. The summed E-state index contributed by atoms with van der Waals surface area (Å²) in [7, 11) is 0. The van der Waals surface area contributed by atoms with Crippen LogP contribution < -0.4 is 4.74 Å². The maximum Gasteiger partial charge on any atom is 0.574 e. The summed E-state index contributed by atoms with van der Waals surface area (Å²) < 4.78 is 63.8. The third-order valence-electron chi connectivity index (χ3n) is 1.61. The summed E-state index contributed by atoms with van der Waals surface area (Å²) in [6.45, 7) is 0.